The lowest BCUT2D eigenvalue weighted by molar-refractivity contribution is -0.132. The van der Waals surface area contributed by atoms with E-state index in [1.807, 2.05) is 59.9 Å². The fourth-order valence-electron chi connectivity index (χ4n) is 4.81. The quantitative estimate of drug-likeness (QED) is 0.395. The van der Waals surface area contributed by atoms with Crippen LogP contribution in [0.1, 0.15) is 24.8 Å². The SMILES string of the molecule is NC(Cc1c[nH]c2ccccc12)C(=O)NC1CCN(C(=O)CCn2ccc3ccncc32)CC1. The molecule has 4 N–H and O–H groups in total. The molecule has 176 valence electrons. The molecule has 1 unspecified atom stereocenters. The molecule has 4 heterocycles. The molecule has 0 radical (unpaired) electrons. The van der Waals surface area contributed by atoms with Crippen molar-refractivity contribution in [3.05, 3.63) is 66.7 Å². The van der Waals surface area contributed by atoms with Crippen molar-refractivity contribution in [3.8, 4) is 0 Å². The Balaban J connectivity index is 1.08. The molecule has 4 aromatic rings. The Bertz CT molecular complexity index is 1300. The summed E-state index contributed by atoms with van der Waals surface area (Å²) in [6.45, 7) is 1.93. The third kappa shape index (κ3) is 4.68. The van der Waals surface area contributed by atoms with Crippen LogP contribution >= 0.6 is 0 Å². The number of fused-ring (bicyclic) bond motifs is 2. The summed E-state index contributed by atoms with van der Waals surface area (Å²) < 4.78 is 2.07. The van der Waals surface area contributed by atoms with Crippen molar-refractivity contribution >= 4 is 33.6 Å². The Morgan fingerprint density at radius 2 is 2.00 bits per heavy atom. The van der Waals surface area contributed by atoms with Crippen molar-refractivity contribution in [1.29, 1.82) is 0 Å². The van der Waals surface area contributed by atoms with Gasteiger partial charge in [0.25, 0.3) is 0 Å². The minimum atomic E-state index is -0.607. The zero-order chi connectivity index (χ0) is 23.5. The third-order valence-corrected chi connectivity index (χ3v) is 6.79. The number of hydrogen-bond donors (Lipinski definition) is 3. The highest BCUT2D eigenvalue weighted by Gasteiger charge is 2.25. The largest absolute Gasteiger partial charge is 0.361 e. The smallest absolute Gasteiger partial charge is 0.237 e. The Labute approximate surface area is 198 Å². The number of para-hydroxylation sites is 1. The van der Waals surface area contributed by atoms with Gasteiger partial charge in [0.15, 0.2) is 0 Å². The van der Waals surface area contributed by atoms with Gasteiger partial charge in [-0.15, -0.1) is 0 Å². The van der Waals surface area contributed by atoms with Gasteiger partial charge in [0.05, 0.1) is 17.8 Å². The highest BCUT2D eigenvalue weighted by atomic mass is 16.2. The molecule has 1 fully saturated rings. The fraction of sp³-hybridized carbons (Fsp3) is 0.346. The summed E-state index contributed by atoms with van der Waals surface area (Å²) in [5, 5.41) is 5.32. The number of aromatic nitrogens is 3. The summed E-state index contributed by atoms with van der Waals surface area (Å²) in [6.07, 6.45) is 9.95. The van der Waals surface area contributed by atoms with E-state index in [0.29, 0.717) is 32.5 Å². The molecule has 1 saturated heterocycles. The number of benzene rings is 1. The Hall–Kier alpha value is -3.65. The van der Waals surface area contributed by atoms with Crippen LogP contribution in [0.2, 0.25) is 0 Å². The van der Waals surface area contributed by atoms with Gasteiger partial charge in [0.1, 0.15) is 0 Å². The number of likely N-dealkylation sites (tertiary alicyclic amines) is 1. The molecule has 0 aliphatic carbocycles. The number of pyridine rings is 1. The first-order valence-corrected chi connectivity index (χ1v) is 11.9. The molecule has 0 bridgehead atoms. The average Bonchev–Trinajstić information content (AvgIpc) is 3.47. The van der Waals surface area contributed by atoms with E-state index in [-0.39, 0.29) is 17.9 Å². The van der Waals surface area contributed by atoms with E-state index >= 15 is 0 Å². The zero-order valence-electron chi connectivity index (χ0n) is 19.1. The van der Waals surface area contributed by atoms with Gasteiger partial charge in [-0.2, -0.15) is 0 Å². The third-order valence-electron chi connectivity index (χ3n) is 6.79. The van der Waals surface area contributed by atoms with E-state index < -0.39 is 6.04 Å². The number of rotatable bonds is 7. The molecular formula is C26H30N6O2. The predicted octanol–water partition coefficient (Wildman–Crippen LogP) is 2.58. The van der Waals surface area contributed by atoms with Crippen LogP contribution in [0.4, 0.5) is 0 Å². The van der Waals surface area contributed by atoms with E-state index in [1.54, 1.807) is 6.20 Å². The predicted molar refractivity (Wildman–Crippen MR) is 132 cm³/mol. The highest BCUT2D eigenvalue weighted by molar-refractivity contribution is 5.86. The number of piperidine rings is 1. The van der Waals surface area contributed by atoms with Crippen LogP contribution in [0.5, 0.6) is 0 Å². The van der Waals surface area contributed by atoms with Crippen molar-refractivity contribution in [2.75, 3.05) is 13.1 Å². The van der Waals surface area contributed by atoms with Crippen LogP contribution in [0, 0.1) is 0 Å². The van der Waals surface area contributed by atoms with Crippen LogP contribution in [-0.4, -0.2) is 56.4 Å². The van der Waals surface area contributed by atoms with Gasteiger partial charge >= 0.3 is 0 Å². The van der Waals surface area contributed by atoms with Crippen molar-refractivity contribution in [3.63, 3.8) is 0 Å². The van der Waals surface area contributed by atoms with Gasteiger partial charge in [-0.25, -0.2) is 0 Å². The molecule has 8 heteroatoms. The molecule has 5 rings (SSSR count). The maximum Gasteiger partial charge on any atom is 0.237 e. The molecule has 1 aromatic carbocycles. The normalized spacial score (nSPS) is 15.6. The van der Waals surface area contributed by atoms with E-state index in [4.69, 9.17) is 5.73 Å². The summed E-state index contributed by atoms with van der Waals surface area (Å²) >= 11 is 0. The molecule has 0 saturated carbocycles. The number of aryl methyl sites for hydroxylation is 1. The van der Waals surface area contributed by atoms with E-state index in [0.717, 1.165) is 40.2 Å². The summed E-state index contributed by atoms with van der Waals surface area (Å²) in [7, 11) is 0. The standard InChI is InChI=1S/C26H30N6O2/c27-22(15-19-16-29-23-4-2-1-3-21(19)23)26(34)30-20-7-12-32(13-8-20)25(33)9-14-31-11-6-18-5-10-28-17-24(18)31/h1-6,10-11,16-17,20,22,29H,7-9,12-15,27H2,(H,30,34). The minimum Gasteiger partial charge on any atom is -0.361 e. The first-order chi connectivity index (χ1) is 16.6. The van der Waals surface area contributed by atoms with E-state index in [1.165, 1.54) is 0 Å². The number of hydrogen-bond acceptors (Lipinski definition) is 4. The lowest BCUT2D eigenvalue weighted by atomic mass is 10.0. The molecule has 3 aromatic heterocycles. The second kappa shape index (κ2) is 9.69. The van der Waals surface area contributed by atoms with Crippen LogP contribution in [-0.2, 0) is 22.6 Å². The van der Waals surface area contributed by atoms with Crippen LogP contribution in [0.15, 0.2) is 61.2 Å². The first-order valence-electron chi connectivity index (χ1n) is 11.9. The Kier molecular flexibility index (Phi) is 6.31. The molecule has 1 aliphatic rings. The van der Waals surface area contributed by atoms with E-state index in [9.17, 15) is 9.59 Å². The van der Waals surface area contributed by atoms with Crippen molar-refractivity contribution < 1.29 is 9.59 Å². The van der Waals surface area contributed by atoms with Crippen LogP contribution < -0.4 is 11.1 Å². The van der Waals surface area contributed by atoms with E-state index in [2.05, 4.69) is 19.9 Å². The van der Waals surface area contributed by atoms with Crippen LogP contribution in [0.3, 0.4) is 0 Å². The maximum atomic E-state index is 12.7. The van der Waals surface area contributed by atoms with Gasteiger partial charge in [-0.05, 0) is 43.0 Å². The topological polar surface area (TPSA) is 109 Å². The summed E-state index contributed by atoms with van der Waals surface area (Å²) in [4.78, 5) is 34.7. The summed E-state index contributed by atoms with van der Waals surface area (Å²) in [5.41, 5.74) is 9.35. The molecule has 8 nitrogen and oxygen atoms in total. The lowest BCUT2D eigenvalue weighted by Gasteiger charge is -2.33. The molecule has 34 heavy (non-hydrogen) atoms. The number of nitrogens with two attached hydrogens (primary N) is 1. The average molecular weight is 459 g/mol. The lowest BCUT2D eigenvalue weighted by Crippen LogP contribution is -2.51. The number of aromatic amines is 1. The van der Waals surface area contributed by atoms with Crippen molar-refractivity contribution in [2.45, 2.75) is 44.3 Å². The number of nitrogens with zero attached hydrogens (tertiary/aromatic N) is 3. The number of carbonyl (C=O) groups is 2. The van der Waals surface area contributed by atoms with Gasteiger partial charge in [0.2, 0.25) is 11.8 Å². The highest BCUT2D eigenvalue weighted by Crippen LogP contribution is 2.19. The van der Waals surface area contributed by atoms with Crippen molar-refractivity contribution in [1.82, 2.24) is 24.8 Å². The first kappa shape index (κ1) is 22.2. The monoisotopic (exact) mass is 458 g/mol. The second-order valence-electron chi connectivity index (χ2n) is 9.03. The minimum absolute atomic E-state index is 0.0463. The van der Waals surface area contributed by atoms with Gasteiger partial charge < -0.3 is 25.5 Å². The molecule has 2 amide bonds. The van der Waals surface area contributed by atoms with Gasteiger partial charge in [-0.3, -0.25) is 14.6 Å². The Morgan fingerprint density at radius 3 is 2.85 bits per heavy atom. The number of H-pyrrole nitrogens is 1. The number of amides is 2. The van der Waals surface area contributed by atoms with Gasteiger partial charge in [0, 0.05) is 67.0 Å². The maximum absolute atomic E-state index is 12.7. The molecular weight excluding hydrogens is 428 g/mol. The van der Waals surface area contributed by atoms with Crippen molar-refractivity contribution in [2.24, 2.45) is 5.73 Å². The number of nitrogens with one attached hydrogen (secondary N) is 2. The molecule has 1 atom stereocenters. The number of carbonyl (C=O) groups excluding carboxylic acids is 2. The fourth-order valence-corrected chi connectivity index (χ4v) is 4.81. The second-order valence-corrected chi connectivity index (χ2v) is 9.03. The Morgan fingerprint density at radius 1 is 1.18 bits per heavy atom. The summed E-state index contributed by atoms with van der Waals surface area (Å²) in [5.74, 6) is 0.00899. The molecule has 0 spiro atoms. The van der Waals surface area contributed by atoms with Crippen LogP contribution in [0.25, 0.3) is 21.8 Å². The van der Waals surface area contributed by atoms with Gasteiger partial charge in [-0.1, -0.05) is 18.2 Å². The molecule has 1 aliphatic heterocycles. The summed E-state index contributed by atoms with van der Waals surface area (Å²) in [6, 6.07) is 11.5. The zero-order valence-corrected chi connectivity index (χ0v) is 19.1.